The summed E-state index contributed by atoms with van der Waals surface area (Å²) in [5.41, 5.74) is 2.35. The number of allylic oxidation sites excluding steroid dienone is 2. The van der Waals surface area contributed by atoms with Crippen molar-refractivity contribution in [2.45, 2.75) is 137 Å². The lowest BCUT2D eigenvalue weighted by atomic mass is 9.75. The first-order chi connectivity index (χ1) is 15.5. The van der Waals surface area contributed by atoms with Crippen LogP contribution in [0.15, 0.2) is 22.3 Å². The molecule has 0 bridgehead atoms. The largest absolute Gasteiger partial charge is 0.334 e. The molecule has 1 aliphatic carbocycles. The van der Waals surface area contributed by atoms with Crippen LogP contribution in [0.2, 0.25) is 0 Å². The van der Waals surface area contributed by atoms with Gasteiger partial charge in [0.25, 0.3) is 0 Å². The van der Waals surface area contributed by atoms with Crippen molar-refractivity contribution in [1.29, 1.82) is 0 Å². The Morgan fingerprint density at radius 2 is 1.45 bits per heavy atom. The molecule has 1 N–H and O–H groups in total. The summed E-state index contributed by atoms with van der Waals surface area (Å²) in [4.78, 5) is 17.6. The Morgan fingerprint density at radius 1 is 0.909 bits per heavy atom. The molecule has 0 amide bonds. The maximum atomic E-state index is 12.6. The lowest BCUT2D eigenvalue weighted by Gasteiger charge is -2.49. The van der Waals surface area contributed by atoms with Crippen molar-refractivity contribution in [3.8, 4) is 0 Å². The van der Waals surface area contributed by atoms with Gasteiger partial charge in [-0.2, -0.15) is 4.89 Å². The number of rotatable bonds is 13. The van der Waals surface area contributed by atoms with Crippen molar-refractivity contribution in [2.75, 3.05) is 0 Å². The molecule has 0 aromatic carbocycles. The number of fused-ring (bicyclic) bond motifs is 1. The zero-order valence-corrected chi connectivity index (χ0v) is 22.7. The van der Waals surface area contributed by atoms with Crippen LogP contribution < -0.4 is 0 Å². The van der Waals surface area contributed by atoms with Gasteiger partial charge in [0.15, 0.2) is 5.78 Å². The van der Waals surface area contributed by atoms with Crippen LogP contribution in [0.5, 0.6) is 0 Å². The second-order valence-electron chi connectivity index (χ2n) is 11.8. The van der Waals surface area contributed by atoms with Crippen molar-refractivity contribution in [1.82, 2.24) is 0 Å². The second kappa shape index (κ2) is 12.1. The molecule has 4 heteroatoms. The maximum absolute atomic E-state index is 12.6. The van der Waals surface area contributed by atoms with Gasteiger partial charge in [-0.1, -0.05) is 79.1 Å². The average Bonchev–Trinajstić information content (AvgIpc) is 2.75. The fourth-order valence-electron chi connectivity index (χ4n) is 5.71. The van der Waals surface area contributed by atoms with Crippen molar-refractivity contribution in [3.63, 3.8) is 0 Å². The summed E-state index contributed by atoms with van der Waals surface area (Å²) in [5.74, 6) is 1.12. The summed E-state index contributed by atoms with van der Waals surface area (Å²) < 4.78 is 6.52. The zero-order valence-electron chi connectivity index (χ0n) is 22.7. The van der Waals surface area contributed by atoms with E-state index in [1.54, 1.807) is 6.92 Å². The van der Waals surface area contributed by atoms with Gasteiger partial charge in [0.2, 0.25) is 5.79 Å². The number of ether oxygens (including phenoxy) is 1. The first-order valence-electron chi connectivity index (χ1n) is 13.4. The predicted molar refractivity (Wildman–Crippen MR) is 136 cm³/mol. The van der Waals surface area contributed by atoms with Crippen LogP contribution in [-0.2, 0) is 14.4 Å². The molecule has 1 fully saturated rings. The van der Waals surface area contributed by atoms with E-state index in [4.69, 9.17) is 9.62 Å². The van der Waals surface area contributed by atoms with Gasteiger partial charge in [0.05, 0.1) is 5.60 Å². The number of carbonyl (C=O) groups excluding carboxylic acids is 1. The number of Topliss-reactive ketones (excluding diaryl/α,β-unsaturated/α-hetero) is 1. The minimum Gasteiger partial charge on any atom is -0.334 e. The third-order valence-electron chi connectivity index (χ3n) is 8.28. The van der Waals surface area contributed by atoms with E-state index in [1.165, 1.54) is 44.9 Å². The zero-order chi connectivity index (χ0) is 24.8. The lowest BCUT2D eigenvalue weighted by Crippen LogP contribution is -2.53. The molecule has 190 valence electrons. The van der Waals surface area contributed by atoms with Crippen molar-refractivity contribution in [2.24, 2.45) is 17.8 Å². The van der Waals surface area contributed by atoms with E-state index in [9.17, 15) is 10.1 Å². The predicted octanol–water partition coefficient (Wildman–Crippen LogP) is 8.42. The topological polar surface area (TPSA) is 55.8 Å². The Bertz CT molecular complexity index is 734. The summed E-state index contributed by atoms with van der Waals surface area (Å²) in [6, 6.07) is 0. The molecule has 0 aromatic rings. The van der Waals surface area contributed by atoms with Crippen LogP contribution in [0, 0.1) is 17.8 Å². The van der Waals surface area contributed by atoms with Gasteiger partial charge < -0.3 is 4.74 Å². The number of hydrogen-bond donors (Lipinski definition) is 1. The summed E-state index contributed by atoms with van der Waals surface area (Å²) in [5, 5.41) is 9.93. The molecule has 2 aliphatic rings. The van der Waals surface area contributed by atoms with Crippen LogP contribution in [0.4, 0.5) is 0 Å². The van der Waals surface area contributed by atoms with Crippen molar-refractivity contribution >= 4 is 5.78 Å². The molecule has 0 spiro atoms. The summed E-state index contributed by atoms with van der Waals surface area (Å²) in [6.45, 7) is 17.0. The molecule has 33 heavy (non-hydrogen) atoms. The minimum absolute atomic E-state index is 0.0328. The fourth-order valence-corrected chi connectivity index (χ4v) is 5.71. The highest BCUT2D eigenvalue weighted by Gasteiger charge is 2.53. The van der Waals surface area contributed by atoms with E-state index in [1.807, 2.05) is 13.8 Å². The summed E-state index contributed by atoms with van der Waals surface area (Å²) in [7, 11) is 0. The number of hydrogen-bond acceptors (Lipinski definition) is 4. The Hall–Kier alpha value is -0.970. The molecule has 1 saturated heterocycles. The van der Waals surface area contributed by atoms with Gasteiger partial charge in [-0.3, -0.25) is 4.79 Å². The molecule has 4 unspecified atom stereocenters. The molecule has 0 saturated carbocycles. The van der Waals surface area contributed by atoms with Gasteiger partial charge in [-0.15, -0.1) is 0 Å². The van der Waals surface area contributed by atoms with Gasteiger partial charge in [-0.05, 0) is 70.3 Å². The van der Waals surface area contributed by atoms with Crippen LogP contribution in [0.1, 0.15) is 126 Å². The van der Waals surface area contributed by atoms with Crippen molar-refractivity contribution in [3.05, 3.63) is 22.3 Å². The first-order valence-corrected chi connectivity index (χ1v) is 13.4. The summed E-state index contributed by atoms with van der Waals surface area (Å²) in [6.07, 6.45) is 12.8. The highest BCUT2D eigenvalue weighted by molar-refractivity contribution is 6.10. The van der Waals surface area contributed by atoms with Gasteiger partial charge >= 0.3 is 0 Å². The number of ketones is 1. The third-order valence-corrected chi connectivity index (χ3v) is 8.28. The number of carbonyl (C=O) groups is 1. The van der Waals surface area contributed by atoms with E-state index in [0.29, 0.717) is 23.1 Å². The highest BCUT2D eigenvalue weighted by atomic mass is 17.1. The quantitative estimate of drug-likeness (QED) is 0.220. The van der Waals surface area contributed by atoms with Crippen LogP contribution >= 0.6 is 0 Å². The van der Waals surface area contributed by atoms with E-state index >= 15 is 0 Å². The minimum atomic E-state index is -1.30. The maximum Gasteiger partial charge on any atom is 0.247 e. The van der Waals surface area contributed by atoms with Crippen LogP contribution in [-0.4, -0.2) is 22.4 Å². The first kappa shape index (κ1) is 28.3. The third kappa shape index (κ3) is 7.02. The molecular weight excluding hydrogens is 412 g/mol. The van der Waals surface area contributed by atoms with Crippen LogP contribution in [0.3, 0.4) is 0 Å². The van der Waals surface area contributed by atoms with Gasteiger partial charge in [0.1, 0.15) is 0 Å². The Morgan fingerprint density at radius 3 is 2.00 bits per heavy atom. The van der Waals surface area contributed by atoms with E-state index in [-0.39, 0.29) is 11.4 Å². The molecule has 0 aromatic heterocycles. The van der Waals surface area contributed by atoms with Gasteiger partial charge in [0, 0.05) is 16.7 Å². The Kier molecular flexibility index (Phi) is 10.4. The fraction of sp³-hybridized carbons (Fsp3) is 0.828. The molecule has 0 radical (unpaired) electrons. The highest BCUT2D eigenvalue weighted by Crippen LogP contribution is 2.50. The summed E-state index contributed by atoms with van der Waals surface area (Å²) >= 11 is 0. The normalized spacial score (nSPS) is 27.9. The molecule has 4 atom stereocenters. The van der Waals surface area contributed by atoms with E-state index < -0.39 is 5.79 Å². The van der Waals surface area contributed by atoms with Gasteiger partial charge in [-0.25, -0.2) is 5.26 Å². The van der Waals surface area contributed by atoms with Crippen molar-refractivity contribution < 1.29 is 19.7 Å². The molecule has 1 heterocycles. The van der Waals surface area contributed by atoms with Crippen LogP contribution in [0.25, 0.3) is 0 Å². The molecular formula is C29H50O4. The Labute approximate surface area is 203 Å². The lowest BCUT2D eigenvalue weighted by molar-refractivity contribution is -0.402. The molecule has 4 nitrogen and oxygen atoms in total. The standard InChI is InChI=1S/C29H50O4/c1-20(2)12-9-13-21(3)14-10-15-22(4)16-11-18-28(8)19-17-26-24(6)27(30)23(5)25(7)29(26,32-28)33-31/h20-22,31H,9-19H2,1-8H3. The molecule has 2 rings (SSSR count). The average molecular weight is 463 g/mol. The second-order valence-corrected chi connectivity index (χ2v) is 11.8. The molecule has 1 aliphatic heterocycles. The van der Waals surface area contributed by atoms with E-state index in [2.05, 4.69) is 34.6 Å². The monoisotopic (exact) mass is 462 g/mol. The van der Waals surface area contributed by atoms with E-state index in [0.717, 1.165) is 42.6 Å². The smallest absolute Gasteiger partial charge is 0.247 e. The Balaban J connectivity index is 1.82. The SMILES string of the molecule is CC1=C(C)C2(OO)OC(C)(CCCC(C)CCCC(C)CCCC(C)C)CCC2=C(C)C1=O.